The van der Waals surface area contributed by atoms with E-state index in [0.717, 1.165) is 35.7 Å². The highest BCUT2D eigenvalue weighted by atomic mass is 35.5. The molecule has 0 aliphatic carbocycles. The molecule has 3 aromatic heterocycles. The number of fused-ring (bicyclic) bond motifs is 1. The molecule has 2 aliphatic rings. The molecule has 2 saturated heterocycles. The zero-order chi connectivity index (χ0) is 27.6. The average Bonchev–Trinajstić information content (AvgIpc) is 3.40. The van der Waals surface area contributed by atoms with Crippen molar-refractivity contribution in [3.8, 4) is 0 Å². The number of anilines is 1. The van der Waals surface area contributed by atoms with Crippen molar-refractivity contribution in [2.24, 2.45) is 0 Å². The van der Waals surface area contributed by atoms with Gasteiger partial charge in [-0.25, -0.2) is 9.97 Å². The summed E-state index contributed by atoms with van der Waals surface area (Å²) in [6, 6.07) is 12.2. The van der Waals surface area contributed by atoms with Gasteiger partial charge in [0.2, 0.25) is 5.78 Å². The molecule has 4 aromatic rings. The maximum atomic E-state index is 13.2. The summed E-state index contributed by atoms with van der Waals surface area (Å²) in [5, 5.41) is 0. The molecule has 0 unspecified atom stereocenters. The minimum absolute atomic E-state index is 0. The van der Waals surface area contributed by atoms with Gasteiger partial charge in [0.25, 0.3) is 5.56 Å². The van der Waals surface area contributed by atoms with Crippen molar-refractivity contribution < 1.29 is 4.79 Å². The molecule has 6 rings (SSSR count). The summed E-state index contributed by atoms with van der Waals surface area (Å²) in [5.41, 5.74) is 3.78. The zero-order valence-electron chi connectivity index (χ0n) is 24.8. The number of nitrogens with zero attached hydrogens (tertiary/aromatic N) is 6. The van der Waals surface area contributed by atoms with E-state index in [-0.39, 0.29) is 48.6 Å². The summed E-state index contributed by atoms with van der Waals surface area (Å²) in [6.45, 7) is 8.96. The van der Waals surface area contributed by atoms with Crippen molar-refractivity contribution in [1.29, 1.82) is 0 Å². The molecule has 11 heteroatoms. The minimum atomic E-state index is -0.0308. The van der Waals surface area contributed by atoms with Gasteiger partial charge >= 0.3 is 0 Å². The first kappa shape index (κ1) is 34.6. The summed E-state index contributed by atoms with van der Waals surface area (Å²) < 4.78 is 3.57. The van der Waals surface area contributed by atoms with Crippen LogP contribution in [0.4, 0.5) is 5.82 Å². The minimum Gasteiger partial charge on any atom is -0.357 e. The van der Waals surface area contributed by atoms with Crippen LogP contribution in [0.3, 0.4) is 0 Å². The van der Waals surface area contributed by atoms with Gasteiger partial charge in [-0.1, -0.05) is 37.6 Å². The van der Waals surface area contributed by atoms with Crippen LogP contribution in [0.15, 0.2) is 59.8 Å². The summed E-state index contributed by atoms with van der Waals surface area (Å²) >= 11 is 0. The molecular weight excluding hydrogens is 607 g/mol. The normalized spacial score (nSPS) is 15.8. The van der Waals surface area contributed by atoms with Crippen molar-refractivity contribution in [3.63, 3.8) is 0 Å². The lowest BCUT2D eigenvalue weighted by atomic mass is 10.00. The standard InChI is InChI=1S/C32H38N6O2.3ClH/c1-3-28-23(2)34-32-37(19-20-38(32)31(28)40)22-24-7-9-25(10-8-24)30(39)26-11-12-29(33-21-26)36-17-13-27(14-18-36)35-15-5-4-6-16-35;;;/h7-12,19-21,27H,3-6,13-18,22H2,1-2H3;3*1H. The molecule has 43 heavy (non-hydrogen) atoms. The lowest BCUT2D eigenvalue weighted by Gasteiger charge is -2.40. The molecule has 2 aliphatic heterocycles. The van der Waals surface area contributed by atoms with Gasteiger partial charge in [-0.05, 0) is 69.8 Å². The molecule has 2 fully saturated rings. The molecule has 0 N–H and O–H groups in total. The highest BCUT2D eigenvalue weighted by Gasteiger charge is 2.26. The van der Waals surface area contributed by atoms with E-state index in [1.165, 1.54) is 45.2 Å². The van der Waals surface area contributed by atoms with Gasteiger partial charge in [-0.2, -0.15) is 0 Å². The van der Waals surface area contributed by atoms with Gasteiger partial charge in [0.05, 0.1) is 6.54 Å². The molecule has 0 spiro atoms. The van der Waals surface area contributed by atoms with Gasteiger partial charge in [-0.3, -0.25) is 14.0 Å². The van der Waals surface area contributed by atoms with Crippen LogP contribution in [0.1, 0.15) is 71.8 Å². The number of likely N-dealkylation sites (tertiary alicyclic amines) is 1. The Kier molecular flexibility index (Phi) is 12.2. The van der Waals surface area contributed by atoms with Crippen molar-refractivity contribution in [2.45, 2.75) is 65.0 Å². The van der Waals surface area contributed by atoms with Crippen LogP contribution >= 0.6 is 37.2 Å². The van der Waals surface area contributed by atoms with E-state index < -0.39 is 0 Å². The van der Waals surface area contributed by atoms with Gasteiger partial charge in [-0.15, -0.1) is 37.2 Å². The Morgan fingerprint density at radius 3 is 2.19 bits per heavy atom. The number of pyridine rings is 1. The second kappa shape index (κ2) is 15.2. The quantitative estimate of drug-likeness (QED) is 0.238. The summed E-state index contributed by atoms with van der Waals surface area (Å²) in [5.74, 6) is 1.55. The largest absolute Gasteiger partial charge is 0.357 e. The molecule has 1 aromatic carbocycles. The number of carbonyl (C=O) groups is 1. The first-order valence-corrected chi connectivity index (χ1v) is 14.7. The van der Waals surface area contributed by atoms with Gasteiger partial charge in [0.15, 0.2) is 5.78 Å². The van der Waals surface area contributed by atoms with E-state index in [1.54, 1.807) is 16.8 Å². The van der Waals surface area contributed by atoms with Crippen LogP contribution in [0.2, 0.25) is 0 Å². The van der Waals surface area contributed by atoms with E-state index in [4.69, 9.17) is 0 Å². The fourth-order valence-corrected chi connectivity index (χ4v) is 6.32. The second-order valence-electron chi connectivity index (χ2n) is 11.2. The number of imidazole rings is 1. The number of carbonyl (C=O) groups excluding carboxylic acids is 1. The van der Waals surface area contributed by atoms with E-state index in [9.17, 15) is 9.59 Å². The van der Waals surface area contributed by atoms with E-state index in [0.29, 0.717) is 35.9 Å². The fraction of sp³-hybridized carbons (Fsp3) is 0.438. The first-order valence-electron chi connectivity index (χ1n) is 14.7. The monoisotopic (exact) mass is 646 g/mol. The lowest BCUT2D eigenvalue weighted by Crippen LogP contribution is -2.46. The maximum Gasteiger partial charge on any atom is 0.262 e. The second-order valence-corrected chi connectivity index (χ2v) is 11.2. The summed E-state index contributed by atoms with van der Waals surface area (Å²) in [7, 11) is 0. The van der Waals surface area contributed by atoms with Crippen molar-refractivity contribution >= 4 is 54.6 Å². The number of hydrogen-bond donors (Lipinski definition) is 0. The van der Waals surface area contributed by atoms with Crippen molar-refractivity contribution in [3.05, 3.63) is 93.3 Å². The molecule has 0 amide bonds. The average molecular weight is 648 g/mol. The summed E-state index contributed by atoms with van der Waals surface area (Å²) in [4.78, 5) is 40.3. The molecule has 232 valence electrons. The highest BCUT2D eigenvalue weighted by Crippen LogP contribution is 2.24. The first-order chi connectivity index (χ1) is 19.5. The van der Waals surface area contributed by atoms with Crippen LogP contribution in [0, 0.1) is 6.92 Å². The van der Waals surface area contributed by atoms with Crippen LogP contribution in [0.5, 0.6) is 0 Å². The predicted molar refractivity (Wildman–Crippen MR) is 179 cm³/mol. The maximum absolute atomic E-state index is 13.2. The third-order valence-corrected chi connectivity index (χ3v) is 8.68. The molecule has 8 nitrogen and oxygen atoms in total. The van der Waals surface area contributed by atoms with E-state index in [1.807, 2.05) is 61.0 Å². The summed E-state index contributed by atoms with van der Waals surface area (Å²) in [6.07, 6.45) is 12.4. The Balaban J connectivity index is 0.00000169. The molecule has 0 bridgehead atoms. The SMILES string of the molecule is CCc1c(C)nc2n(Cc3ccc(C(=O)c4ccc(N5CCC(N6CCCCC6)CC5)nc4)cc3)ccn2c1=O.Cl.Cl.Cl. The topological polar surface area (TPSA) is 75.7 Å². The van der Waals surface area contributed by atoms with Gasteiger partial charge in [0.1, 0.15) is 5.82 Å². The molecule has 0 radical (unpaired) electrons. The Morgan fingerprint density at radius 2 is 1.56 bits per heavy atom. The third kappa shape index (κ3) is 7.26. The predicted octanol–water partition coefficient (Wildman–Crippen LogP) is 5.76. The van der Waals surface area contributed by atoms with Crippen molar-refractivity contribution in [1.82, 2.24) is 23.8 Å². The van der Waals surface area contributed by atoms with Gasteiger partial charge in [0, 0.05) is 60.1 Å². The Labute approximate surface area is 271 Å². The number of rotatable bonds is 7. The smallest absolute Gasteiger partial charge is 0.262 e. The van der Waals surface area contributed by atoms with Crippen LogP contribution < -0.4 is 10.5 Å². The van der Waals surface area contributed by atoms with Gasteiger partial charge < -0.3 is 14.4 Å². The lowest BCUT2D eigenvalue weighted by molar-refractivity contribution is 0.103. The number of ketones is 1. The number of hydrogen-bond acceptors (Lipinski definition) is 6. The number of aryl methyl sites for hydroxylation is 1. The number of aromatic nitrogens is 4. The molecule has 5 heterocycles. The Hall–Kier alpha value is -2.91. The zero-order valence-corrected chi connectivity index (χ0v) is 27.2. The van der Waals surface area contributed by atoms with Crippen molar-refractivity contribution in [2.75, 3.05) is 31.1 Å². The molecular formula is C32H41Cl3N6O2. The fourth-order valence-electron chi connectivity index (χ4n) is 6.32. The van der Waals surface area contributed by atoms with E-state index in [2.05, 4.69) is 19.8 Å². The Morgan fingerprint density at radius 1 is 0.884 bits per heavy atom. The number of piperidine rings is 2. The van der Waals surface area contributed by atoms with Crippen LogP contribution in [-0.2, 0) is 13.0 Å². The van der Waals surface area contributed by atoms with Crippen LogP contribution in [-0.4, -0.2) is 61.8 Å². The highest BCUT2D eigenvalue weighted by molar-refractivity contribution is 6.08. The van der Waals surface area contributed by atoms with E-state index >= 15 is 0 Å². The third-order valence-electron chi connectivity index (χ3n) is 8.68. The molecule has 0 atom stereocenters. The Bertz CT molecular complexity index is 1560. The molecule has 0 saturated carbocycles. The number of halogens is 3. The number of benzene rings is 1. The van der Waals surface area contributed by atoms with Crippen LogP contribution in [0.25, 0.3) is 5.78 Å².